The molecule has 1 aromatic heterocycles. The zero-order valence-electron chi connectivity index (χ0n) is 21.2. The van der Waals surface area contributed by atoms with E-state index in [9.17, 15) is 9.59 Å². The van der Waals surface area contributed by atoms with E-state index in [2.05, 4.69) is 10.3 Å². The van der Waals surface area contributed by atoms with Crippen LogP contribution in [0.1, 0.15) is 42.7 Å². The largest absolute Gasteiger partial charge is 0.493 e. The highest BCUT2D eigenvalue weighted by atomic mass is 16.5. The van der Waals surface area contributed by atoms with Crippen LogP contribution in [-0.2, 0) is 4.79 Å². The molecule has 2 N–H and O–H groups in total. The summed E-state index contributed by atoms with van der Waals surface area (Å²) >= 11 is 0. The summed E-state index contributed by atoms with van der Waals surface area (Å²) in [6.07, 6.45) is 1.80. The van der Waals surface area contributed by atoms with Crippen LogP contribution in [0.2, 0.25) is 0 Å². The molecule has 0 radical (unpaired) electrons. The van der Waals surface area contributed by atoms with E-state index in [1.807, 2.05) is 75.4 Å². The van der Waals surface area contributed by atoms with Crippen LogP contribution in [0, 0.1) is 0 Å². The third-order valence-corrected chi connectivity index (χ3v) is 5.80. The number of hydrogen-bond donors (Lipinski definition) is 2. The number of methoxy groups -OCH3 is 2. The van der Waals surface area contributed by atoms with Crippen molar-refractivity contribution in [3.8, 4) is 11.5 Å². The number of H-pyrrole nitrogens is 1. The normalized spacial score (nSPS) is 12.1. The number of aromatic amines is 1. The Bertz CT molecular complexity index is 1370. The van der Waals surface area contributed by atoms with Gasteiger partial charge < -0.3 is 19.8 Å². The van der Waals surface area contributed by atoms with Gasteiger partial charge in [0.1, 0.15) is 6.04 Å². The number of rotatable bonds is 7. The average Bonchev–Trinajstić information content (AvgIpc) is 3.29. The van der Waals surface area contributed by atoms with Gasteiger partial charge in [-0.25, -0.2) is 0 Å². The van der Waals surface area contributed by atoms with E-state index in [4.69, 9.17) is 9.47 Å². The summed E-state index contributed by atoms with van der Waals surface area (Å²) < 4.78 is 10.8. The van der Waals surface area contributed by atoms with E-state index in [1.54, 1.807) is 31.5 Å². The Morgan fingerprint density at radius 1 is 0.889 bits per heavy atom. The molecule has 0 saturated carbocycles. The summed E-state index contributed by atoms with van der Waals surface area (Å²) in [5.74, 6) is 0.310. The second-order valence-electron chi connectivity index (χ2n) is 9.51. The predicted molar refractivity (Wildman–Crippen MR) is 142 cm³/mol. The quantitative estimate of drug-likeness (QED) is 0.363. The SMILES string of the molecule is COc1ccc(C(=O)N(c2ccccc2)C(C(=O)NC(C)(C)C)c2c[nH]c3ccccc23)cc1OC. The molecule has 1 unspecified atom stereocenters. The molecule has 7 heteroatoms. The number of anilines is 1. The van der Waals surface area contributed by atoms with Gasteiger partial charge in [-0.2, -0.15) is 0 Å². The van der Waals surface area contributed by atoms with Crippen molar-refractivity contribution < 1.29 is 19.1 Å². The predicted octanol–water partition coefficient (Wildman–Crippen LogP) is 5.49. The Labute approximate surface area is 211 Å². The first-order valence-corrected chi connectivity index (χ1v) is 11.7. The smallest absolute Gasteiger partial charge is 0.259 e. The molecule has 1 heterocycles. The summed E-state index contributed by atoms with van der Waals surface area (Å²) in [6.45, 7) is 5.75. The highest BCUT2D eigenvalue weighted by Crippen LogP contribution is 2.35. The summed E-state index contributed by atoms with van der Waals surface area (Å²) in [6, 6.07) is 21.0. The van der Waals surface area contributed by atoms with E-state index in [0.29, 0.717) is 28.3 Å². The fraction of sp³-hybridized carbons (Fsp3) is 0.241. The second kappa shape index (κ2) is 10.2. The molecule has 186 valence electrons. The third kappa shape index (κ3) is 5.05. The minimum atomic E-state index is -0.941. The van der Waals surface area contributed by atoms with Crippen molar-refractivity contribution >= 4 is 28.4 Å². The number of hydrogen-bond acceptors (Lipinski definition) is 4. The van der Waals surface area contributed by atoms with Crippen LogP contribution in [0.4, 0.5) is 5.69 Å². The molecule has 0 aliphatic rings. The molecule has 0 saturated heterocycles. The van der Waals surface area contributed by atoms with Gasteiger partial charge in [0.05, 0.1) is 14.2 Å². The summed E-state index contributed by atoms with van der Waals surface area (Å²) in [7, 11) is 3.06. The fourth-order valence-corrected chi connectivity index (χ4v) is 4.24. The standard InChI is InChI=1S/C29H31N3O4/c1-29(2,3)31-27(33)26(22-18-30-23-14-10-9-13-21(22)23)32(20-11-7-6-8-12-20)28(34)19-15-16-24(35-4)25(17-19)36-5/h6-18,26,30H,1-5H3,(H,31,33). The van der Waals surface area contributed by atoms with Gasteiger partial charge >= 0.3 is 0 Å². The molecule has 0 fully saturated rings. The van der Waals surface area contributed by atoms with Gasteiger partial charge in [-0.15, -0.1) is 0 Å². The van der Waals surface area contributed by atoms with Crippen LogP contribution in [0.25, 0.3) is 10.9 Å². The first-order valence-electron chi connectivity index (χ1n) is 11.7. The Hall–Kier alpha value is -4.26. The molecule has 0 aliphatic carbocycles. The van der Waals surface area contributed by atoms with Gasteiger partial charge in [0.2, 0.25) is 5.91 Å². The first-order chi connectivity index (χ1) is 17.2. The van der Waals surface area contributed by atoms with Crippen LogP contribution in [-0.4, -0.2) is 36.6 Å². The van der Waals surface area contributed by atoms with Crippen molar-refractivity contribution in [3.05, 3.63) is 90.1 Å². The molecule has 0 aliphatic heterocycles. The van der Waals surface area contributed by atoms with Crippen molar-refractivity contribution in [2.75, 3.05) is 19.1 Å². The first kappa shape index (κ1) is 24.9. The molecule has 0 spiro atoms. The maximum atomic E-state index is 14.2. The van der Waals surface area contributed by atoms with E-state index >= 15 is 0 Å². The van der Waals surface area contributed by atoms with Crippen molar-refractivity contribution in [2.24, 2.45) is 0 Å². The zero-order chi connectivity index (χ0) is 25.9. The lowest BCUT2D eigenvalue weighted by Crippen LogP contribution is -2.49. The van der Waals surface area contributed by atoms with Crippen molar-refractivity contribution in [3.63, 3.8) is 0 Å². The second-order valence-corrected chi connectivity index (χ2v) is 9.51. The van der Waals surface area contributed by atoms with Gasteiger partial charge in [0.15, 0.2) is 11.5 Å². The Morgan fingerprint density at radius 2 is 1.56 bits per heavy atom. The van der Waals surface area contributed by atoms with E-state index in [0.717, 1.165) is 10.9 Å². The van der Waals surface area contributed by atoms with Crippen molar-refractivity contribution in [1.82, 2.24) is 10.3 Å². The van der Waals surface area contributed by atoms with Gasteiger partial charge in [0.25, 0.3) is 5.91 Å². The van der Waals surface area contributed by atoms with Gasteiger partial charge in [0, 0.05) is 39.5 Å². The number of carbonyl (C=O) groups excluding carboxylic acids is 2. The van der Waals surface area contributed by atoms with Gasteiger partial charge in [-0.3, -0.25) is 14.5 Å². The topological polar surface area (TPSA) is 83.7 Å². The minimum Gasteiger partial charge on any atom is -0.493 e. The molecule has 3 aromatic carbocycles. The number of benzene rings is 3. The highest BCUT2D eigenvalue weighted by Gasteiger charge is 2.36. The van der Waals surface area contributed by atoms with Crippen LogP contribution >= 0.6 is 0 Å². The molecule has 2 amide bonds. The molecule has 4 aromatic rings. The number of nitrogens with zero attached hydrogens (tertiary/aromatic N) is 1. The third-order valence-electron chi connectivity index (χ3n) is 5.80. The molecular weight excluding hydrogens is 454 g/mol. The number of amides is 2. The van der Waals surface area contributed by atoms with Crippen molar-refractivity contribution in [2.45, 2.75) is 32.4 Å². The molecule has 36 heavy (non-hydrogen) atoms. The number of carbonyl (C=O) groups is 2. The van der Waals surface area contributed by atoms with Gasteiger partial charge in [-0.1, -0.05) is 36.4 Å². The lowest BCUT2D eigenvalue weighted by Gasteiger charge is -2.33. The monoisotopic (exact) mass is 485 g/mol. The number of aromatic nitrogens is 1. The van der Waals surface area contributed by atoms with Crippen LogP contribution in [0.15, 0.2) is 79.0 Å². The lowest BCUT2D eigenvalue weighted by atomic mass is 9.99. The maximum Gasteiger partial charge on any atom is 0.259 e. The Morgan fingerprint density at radius 3 is 2.22 bits per heavy atom. The molecule has 4 rings (SSSR count). The van der Waals surface area contributed by atoms with Crippen LogP contribution in [0.3, 0.4) is 0 Å². The fourth-order valence-electron chi connectivity index (χ4n) is 4.24. The number of nitrogens with one attached hydrogen (secondary N) is 2. The minimum absolute atomic E-state index is 0.287. The molecular formula is C29H31N3O4. The van der Waals surface area contributed by atoms with Crippen LogP contribution < -0.4 is 19.7 Å². The van der Waals surface area contributed by atoms with Gasteiger partial charge in [-0.05, 0) is 57.2 Å². The maximum absolute atomic E-state index is 14.2. The Kier molecular flexibility index (Phi) is 7.01. The van der Waals surface area contributed by atoms with E-state index in [-0.39, 0.29) is 11.8 Å². The van der Waals surface area contributed by atoms with Crippen LogP contribution in [0.5, 0.6) is 11.5 Å². The van der Waals surface area contributed by atoms with E-state index < -0.39 is 11.6 Å². The summed E-state index contributed by atoms with van der Waals surface area (Å²) in [5, 5.41) is 3.95. The highest BCUT2D eigenvalue weighted by molar-refractivity contribution is 6.11. The number of fused-ring (bicyclic) bond motifs is 1. The molecule has 0 bridgehead atoms. The summed E-state index contributed by atoms with van der Waals surface area (Å²) in [4.78, 5) is 32.9. The molecule has 1 atom stereocenters. The average molecular weight is 486 g/mol. The van der Waals surface area contributed by atoms with Crippen molar-refractivity contribution in [1.29, 1.82) is 0 Å². The number of ether oxygens (including phenoxy) is 2. The molecule has 7 nitrogen and oxygen atoms in total. The van der Waals surface area contributed by atoms with E-state index in [1.165, 1.54) is 12.0 Å². The zero-order valence-corrected chi connectivity index (χ0v) is 21.2. The summed E-state index contributed by atoms with van der Waals surface area (Å²) in [5.41, 5.74) is 2.04. The Balaban J connectivity index is 1.92. The lowest BCUT2D eigenvalue weighted by molar-refractivity contribution is -0.123. The number of para-hydroxylation sites is 2.